The predicted molar refractivity (Wildman–Crippen MR) is 105 cm³/mol. The van der Waals surface area contributed by atoms with Crippen LogP contribution in [0.1, 0.15) is 5.76 Å². The molecule has 0 aliphatic rings. The highest BCUT2D eigenvalue weighted by atomic mass is 16.5. The van der Waals surface area contributed by atoms with Crippen molar-refractivity contribution < 1.29 is 13.9 Å². The maximum absolute atomic E-state index is 5.75. The SMILES string of the molecule is COc1ccc(-c2nc(-c3ccc(C)o3)[nH]c2-c2ccc(OC)cc2)cc1. The number of imidazole rings is 1. The second-order valence-corrected chi connectivity index (χ2v) is 6.18. The number of hydrogen-bond donors (Lipinski definition) is 1. The number of H-pyrrole nitrogens is 1. The van der Waals surface area contributed by atoms with E-state index in [-0.39, 0.29) is 0 Å². The van der Waals surface area contributed by atoms with Gasteiger partial charge in [-0.2, -0.15) is 0 Å². The van der Waals surface area contributed by atoms with Crippen molar-refractivity contribution in [3.05, 3.63) is 66.4 Å². The van der Waals surface area contributed by atoms with Gasteiger partial charge >= 0.3 is 0 Å². The summed E-state index contributed by atoms with van der Waals surface area (Å²) in [4.78, 5) is 8.23. The Balaban J connectivity index is 1.84. The lowest BCUT2D eigenvalue weighted by Crippen LogP contribution is -1.87. The smallest absolute Gasteiger partial charge is 0.174 e. The summed E-state index contributed by atoms with van der Waals surface area (Å²) in [6.45, 7) is 1.92. The molecular formula is C22H20N2O3. The molecule has 0 saturated carbocycles. The van der Waals surface area contributed by atoms with Crippen molar-refractivity contribution in [1.29, 1.82) is 0 Å². The quantitative estimate of drug-likeness (QED) is 0.522. The first-order chi connectivity index (χ1) is 13.2. The number of aromatic nitrogens is 2. The number of ether oxygens (including phenoxy) is 2. The molecule has 0 atom stereocenters. The van der Waals surface area contributed by atoms with Gasteiger partial charge < -0.3 is 18.9 Å². The van der Waals surface area contributed by atoms with Gasteiger partial charge in [-0.15, -0.1) is 0 Å². The average Bonchev–Trinajstić information content (AvgIpc) is 3.34. The molecule has 0 amide bonds. The van der Waals surface area contributed by atoms with Crippen LogP contribution in [0.2, 0.25) is 0 Å². The maximum atomic E-state index is 5.75. The molecule has 0 aliphatic carbocycles. The minimum atomic E-state index is 0.694. The Morgan fingerprint density at radius 2 is 1.37 bits per heavy atom. The molecule has 2 aromatic carbocycles. The van der Waals surface area contributed by atoms with Crippen molar-refractivity contribution in [2.75, 3.05) is 14.2 Å². The summed E-state index contributed by atoms with van der Waals surface area (Å²) in [7, 11) is 3.31. The Hall–Kier alpha value is -3.47. The van der Waals surface area contributed by atoms with Gasteiger partial charge in [0.25, 0.3) is 0 Å². The van der Waals surface area contributed by atoms with E-state index in [1.807, 2.05) is 67.6 Å². The fourth-order valence-electron chi connectivity index (χ4n) is 2.98. The Morgan fingerprint density at radius 3 is 1.89 bits per heavy atom. The topological polar surface area (TPSA) is 60.3 Å². The zero-order valence-corrected chi connectivity index (χ0v) is 15.4. The van der Waals surface area contributed by atoms with Crippen LogP contribution < -0.4 is 9.47 Å². The highest BCUT2D eigenvalue weighted by Crippen LogP contribution is 2.34. The van der Waals surface area contributed by atoms with Crippen molar-refractivity contribution in [3.8, 4) is 45.6 Å². The van der Waals surface area contributed by atoms with Gasteiger partial charge in [-0.25, -0.2) is 4.98 Å². The standard InChI is InChI=1S/C22H20N2O3/c1-14-4-13-19(27-14)22-23-20(15-5-9-17(25-2)10-6-15)21(24-22)16-7-11-18(26-3)12-8-16/h4-13H,1-3H3,(H,23,24). The van der Waals surface area contributed by atoms with E-state index in [1.165, 1.54) is 0 Å². The normalized spacial score (nSPS) is 10.8. The van der Waals surface area contributed by atoms with E-state index in [2.05, 4.69) is 4.98 Å². The zero-order chi connectivity index (χ0) is 18.8. The molecule has 2 heterocycles. The van der Waals surface area contributed by atoms with E-state index in [4.69, 9.17) is 18.9 Å². The third kappa shape index (κ3) is 3.31. The van der Waals surface area contributed by atoms with Crippen LogP contribution in [0.3, 0.4) is 0 Å². The van der Waals surface area contributed by atoms with Crippen molar-refractivity contribution in [3.63, 3.8) is 0 Å². The van der Waals surface area contributed by atoms with E-state index in [0.29, 0.717) is 11.6 Å². The third-order valence-corrected chi connectivity index (χ3v) is 4.42. The Labute approximate surface area is 157 Å². The molecule has 2 aromatic heterocycles. The molecule has 0 bridgehead atoms. The van der Waals surface area contributed by atoms with E-state index < -0.39 is 0 Å². The summed E-state index contributed by atoms with van der Waals surface area (Å²) in [6.07, 6.45) is 0. The fraction of sp³-hybridized carbons (Fsp3) is 0.136. The maximum Gasteiger partial charge on any atom is 0.174 e. The molecule has 4 aromatic rings. The van der Waals surface area contributed by atoms with Crippen LogP contribution in [0.15, 0.2) is 65.1 Å². The van der Waals surface area contributed by atoms with Gasteiger partial charge in [-0.3, -0.25) is 0 Å². The molecular weight excluding hydrogens is 340 g/mol. The third-order valence-electron chi connectivity index (χ3n) is 4.42. The van der Waals surface area contributed by atoms with Crippen molar-refractivity contribution in [2.24, 2.45) is 0 Å². The molecule has 4 rings (SSSR count). The molecule has 0 aliphatic heterocycles. The van der Waals surface area contributed by atoms with Crippen molar-refractivity contribution in [1.82, 2.24) is 9.97 Å². The molecule has 5 nitrogen and oxygen atoms in total. The number of aryl methyl sites for hydroxylation is 1. The number of nitrogens with one attached hydrogen (secondary N) is 1. The van der Waals surface area contributed by atoms with Gasteiger partial charge in [-0.1, -0.05) is 0 Å². The summed E-state index contributed by atoms with van der Waals surface area (Å²) in [5.74, 6) is 3.87. The number of benzene rings is 2. The molecule has 0 spiro atoms. The zero-order valence-electron chi connectivity index (χ0n) is 15.4. The highest BCUT2D eigenvalue weighted by molar-refractivity contribution is 5.81. The van der Waals surface area contributed by atoms with Crippen LogP contribution >= 0.6 is 0 Å². The lowest BCUT2D eigenvalue weighted by atomic mass is 10.0. The number of furan rings is 1. The van der Waals surface area contributed by atoms with Crippen molar-refractivity contribution in [2.45, 2.75) is 6.92 Å². The summed E-state index contributed by atoms with van der Waals surface area (Å²) < 4.78 is 16.3. The number of methoxy groups -OCH3 is 2. The second kappa shape index (κ2) is 7.03. The second-order valence-electron chi connectivity index (χ2n) is 6.18. The molecule has 0 saturated heterocycles. The number of hydrogen-bond acceptors (Lipinski definition) is 4. The van der Waals surface area contributed by atoms with E-state index in [9.17, 15) is 0 Å². The first kappa shape index (κ1) is 17.0. The Morgan fingerprint density at radius 1 is 0.778 bits per heavy atom. The van der Waals surface area contributed by atoms with Gasteiger partial charge in [0.15, 0.2) is 11.6 Å². The summed E-state index contributed by atoms with van der Waals surface area (Å²) >= 11 is 0. The minimum absolute atomic E-state index is 0.694. The van der Waals surface area contributed by atoms with Crippen LogP contribution in [-0.2, 0) is 0 Å². The molecule has 0 radical (unpaired) electrons. The molecule has 136 valence electrons. The summed E-state index contributed by atoms with van der Waals surface area (Å²) in [6, 6.07) is 19.6. The highest BCUT2D eigenvalue weighted by Gasteiger charge is 2.17. The number of aromatic amines is 1. The summed E-state index contributed by atoms with van der Waals surface area (Å²) in [5.41, 5.74) is 3.79. The van der Waals surface area contributed by atoms with E-state index in [0.717, 1.165) is 39.8 Å². The Bertz CT molecular complexity index is 979. The van der Waals surface area contributed by atoms with Crippen LogP contribution in [0.5, 0.6) is 11.5 Å². The minimum Gasteiger partial charge on any atom is -0.497 e. The monoisotopic (exact) mass is 360 g/mol. The van der Waals surface area contributed by atoms with Crippen LogP contribution in [0.25, 0.3) is 34.1 Å². The van der Waals surface area contributed by atoms with Crippen molar-refractivity contribution >= 4 is 0 Å². The van der Waals surface area contributed by atoms with Gasteiger partial charge in [0.2, 0.25) is 0 Å². The Kier molecular flexibility index (Phi) is 4.42. The van der Waals surface area contributed by atoms with Crippen LogP contribution in [0, 0.1) is 6.92 Å². The largest absolute Gasteiger partial charge is 0.497 e. The van der Waals surface area contributed by atoms with Crippen LogP contribution in [0.4, 0.5) is 0 Å². The van der Waals surface area contributed by atoms with Gasteiger partial charge in [0, 0.05) is 11.1 Å². The molecule has 0 fully saturated rings. The first-order valence-corrected chi connectivity index (χ1v) is 8.63. The van der Waals surface area contributed by atoms with Gasteiger partial charge in [-0.05, 0) is 67.6 Å². The predicted octanol–water partition coefficient (Wildman–Crippen LogP) is 5.33. The summed E-state index contributed by atoms with van der Waals surface area (Å²) in [5, 5.41) is 0. The fourth-order valence-corrected chi connectivity index (χ4v) is 2.98. The van der Waals surface area contributed by atoms with Crippen LogP contribution in [-0.4, -0.2) is 24.2 Å². The van der Waals surface area contributed by atoms with Gasteiger partial charge in [0.05, 0.1) is 25.6 Å². The number of rotatable bonds is 5. The first-order valence-electron chi connectivity index (χ1n) is 8.63. The lowest BCUT2D eigenvalue weighted by molar-refractivity contribution is 0.414. The molecule has 27 heavy (non-hydrogen) atoms. The van der Waals surface area contributed by atoms with Gasteiger partial charge in [0.1, 0.15) is 17.3 Å². The molecule has 0 unspecified atom stereocenters. The number of nitrogens with zero attached hydrogens (tertiary/aromatic N) is 1. The molecule has 1 N–H and O–H groups in total. The average molecular weight is 360 g/mol. The molecule has 5 heteroatoms. The van der Waals surface area contributed by atoms with E-state index in [1.54, 1.807) is 14.2 Å². The van der Waals surface area contributed by atoms with E-state index >= 15 is 0 Å². The lowest BCUT2D eigenvalue weighted by Gasteiger charge is -2.06.